The van der Waals surface area contributed by atoms with Gasteiger partial charge in [0.2, 0.25) is 11.9 Å². The Morgan fingerprint density at radius 2 is 1.88 bits per heavy atom. The molecule has 41 heavy (non-hydrogen) atoms. The molecule has 1 fully saturated rings. The lowest BCUT2D eigenvalue weighted by Crippen LogP contribution is -2.48. The van der Waals surface area contributed by atoms with Gasteiger partial charge in [0, 0.05) is 44.1 Å². The van der Waals surface area contributed by atoms with Crippen molar-refractivity contribution < 1.29 is 23.9 Å². The maximum Gasteiger partial charge on any atom is 0.257 e. The van der Waals surface area contributed by atoms with Gasteiger partial charge in [0.15, 0.2) is 0 Å². The Labute approximate surface area is 238 Å². The van der Waals surface area contributed by atoms with Crippen LogP contribution < -0.4 is 15.4 Å². The van der Waals surface area contributed by atoms with Crippen molar-refractivity contribution in [2.24, 2.45) is 0 Å². The molecule has 4 bridgehead atoms. The zero-order valence-corrected chi connectivity index (χ0v) is 23.6. The number of anilines is 1. The molecule has 0 spiro atoms. The molecule has 1 aromatic heterocycles. The van der Waals surface area contributed by atoms with E-state index in [1.54, 1.807) is 24.1 Å². The fourth-order valence-corrected chi connectivity index (χ4v) is 4.83. The van der Waals surface area contributed by atoms with Gasteiger partial charge < -0.3 is 29.9 Å². The predicted molar refractivity (Wildman–Crippen MR) is 152 cm³/mol. The molecule has 3 amide bonds. The molecule has 2 aromatic carbocycles. The normalized spacial score (nSPS) is 19.4. The molecule has 0 unspecified atom stereocenters. The smallest absolute Gasteiger partial charge is 0.257 e. The molecule has 3 heterocycles. The van der Waals surface area contributed by atoms with Crippen LogP contribution in [0.15, 0.2) is 54.9 Å². The summed E-state index contributed by atoms with van der Waals surface area (Å²) in [6, 6.07) is 12.4. The average Bonchev–Trinajstić information content (AvgIpc) is 3.34. The minimum atomic E-state index is -0.476. The standard InChI is InChI=1S/C30H34N6O5/c1-18(2)33-30-31-12-22(13-32-30)29(39)36-14-24-26(15-36)40-17-20-6-5-7-23(10-20)41-25-11-21(9-8-19(25)3)28(38)35(4)16-27(37)34-24/h5-13,18,24,26H,14-17H2,1-4H3,(H,34,37)(H,31,32,33)/t24-,26-/m0/s1. The Kier molecular flexibility index (Phi) is 8.16. The van der Waals surface area contributed by atoms with Crippen LogP contribution in [-0.4, -0.2) is 82.4 Å². The lowest BCUT2D eigenvalue weighted by atomic mass is 10.1. The molecule has 2 aliphatic rings. The molecule has 11 heteroatoms. The van der Waals surface area contributed by atoms with Crippen molar-refractivity contribution in [1.82, 2.24) is 25.1 Å². The highest BCUT2D eigenvalue weighted by molar-refractivity contribution is 5.97. The summed E-state index contributed by atoms with van der Waals surface area (Å²) in [6.45, 7) is 6.47. The van der Waals surface area contributed by atoms with Crippen LogP contribution in [0.2, 0.25) is 0 Å². The molecule has 3 aromatic rings. The summed E-state index contributed by atoms with van der Waals surface area (Å²) < 4.78 is 12.4. The second kappa shape index (κ2) is 11.9. The Morgan fingerprint density at radius 1 is 1.10 bits per heavy atom. The second-order valence-corrected chi connectivity index (χ2v) is 10.7. The van der Waals surface area contributed by atoms with Gasteiger partial charge in [0.05, 0.1) is 30.9 Å². The number of rotatable bonds is 3. The Bertz CT molecular complexity index is 1440. The van der Waals surface area contributed by atoms with Crippen LogP contribution in [0, 0.1) is 6.92 Å². The summed E-state index contributed by atoms with van der Waals surface area (Å²) in [5.74, 6) is 0.703. The van der Waals surface area contributed by atoms with Crippen molar-refractivity contribution in [2.75, 3.05) is 32.0 Å². The summed E-state index contributed by atoms with van der Waals surface area (Å²) in [4.78, 5) is 51.0. The maximum absolute atomic E-state index is 13.3. The maximum atomic E-state index is 13.3. The third-order valence-corrected chi connectivity index (χ3v) is 6.97. The lowest BCUT2D eigenvalue weighted by Gasteiger charge is -2.23. The van der Waals surface area contributed by atoms with Crippen LogP contribution >= 0.6 is 0 Å². The monoisotopic (exact) mass is 558 g/mol. The molecule has 2 atom stereocenters. The number of amides is 3. The van der Waals surface area contributed by atoms with Crippen LogP contribution in [0.5, 0.6) is 11.5 Å². The number of hydrogen-bond donors (Lipinski definition) is 2. The highest BCUT2D eigenvalue weighted by atomic mass is 16.5. The van der Waals surface area contributed by atoms with Gasteiger partial charge >= 0.3 is 0 Å². The second-order valence-electron chi connectivity index (χ2n) is 10.7. The number of likely N-dealkylation sites (tertiary alicyclic amines) is 1. The first-order valence-corrected chi connectivity index (χ1v) is 13.6. The fourth-order valence-electron chi connectivity index (χ4n) is 4.83. The molecule has 0 aliphatic carbocycles. The van der Waals surface area contributed by atoms with Gasteiger partial charge in [0.1, 0.15) is 11.5 Å². The van der Waals surface area contributed by atoms with E-state index in [2.05, 4.69) is 20.6 Å². The van der Waals surface area contributed by atoms with Gasteiger partial charge in [-0.15, -0.1) is 0 Å². The first-order valence-electron chi connectivity index (χ1n) is 13.6. The van der Waals surface area contributed by atoms with E-state index in [1.807, 2.05) is 51.1 Å². The van der Waals surface area contributed by atoms with E-state index in [0.29, 0.717) is 28.6 Å². The van der Waals surface area contributed by atoms with Crippen molar-refractivity contribution in [1.29, 1.82) is 0 Å². The van der Waals surface area contributed by atoms with Gasteiger partial charge in [-0.05, 0) is 56.2 Å². The average molecular weight is 559 g/mol. The van der Waals surface area contributed by atoms with Gasteiger partial charge in [0.25, 0.3) is 11.8 Å². The predicted octanol–water partition coefficient (Wildman–Crippen LogP) is 3.01. The number of nitrogens with zero attached hydrogens (tertiary/aromatic N) is 4. The minimum absolute atomic E-state index is 0.155. The van der Waals surface area contributed by atoms with Crippen LogP contribution in [0.25, 0.3) is 0 Å². The molecule has 5 rings (SSSR count). The molecular formula is C30H34N6O5. The zero-order valence-electron chi connectivity index (χ0n) is 23.6. The Hall–Kier alpha value is -4.51. The van der Waals surface area contributed by atoms with Crippen LogP contribution in [0.1, 0.15) is 45.7 Å². The van der Waals surface area contributed by atoms with E-state index in [1.165, 1.54) is 17.3 Å². The lowest BCUT2D eigenvalue weighted by molar-refractivity contribution is -0.123. The Balaban J connectivity index is 1.38. The summed E-state index contributed by atoms with van der Waals surface area (Å²) in [5.41, 5.74) is 2.51. The number of nitrogens with one attached hydrogen (secondary N) is 2. The molecular weight excluding hydrogens is 524 g/mol. The minimum Gasteiger partial charge on any atom is -0.457 e. The van der Waals surface area contributed by atoms with Gasteiger partial charge in [-0.3, -0.25) is 14.4 Å². The quantitative estimate of drug-likeness (QED) is 0.503. The summed E-state index contributed by atoms with van der Waals surface area (Å²) in [6.07, 6.45) is 2.51. The van der Waals surface area contributed by atoms with E-state index >= 15 is 0 Å². The van der Waals surface area contributed by atoms with E-state index in [4.69, 9.17) is 9.47 Å². The fraction of sp³-hybridized carbons (Fsp3) is 0.367. The van der Waals surface area contributed by atoms with Crippen molar-refractivity contribution in [2.45, 2.75) is 45.6 Å². The topological polar surface area (TPSA) is 126 Å². The van der Waals surface area contributed by atoms with E-state index in [9.17, 15) is 14.4 Å². The number of likely N-dealkylation sites (N-methyl/N-ethyl adjacent to an activating group) is 1. The van der Waals surface area contributed by atoms with Gasteiger partial charge in [-0.25, -0.2) is 9.97 Å². The van der Waals surface area contributed by atoms with E-state index < -0.39 is 12.1 Å². The molecule has 214 valence electrons. The number of benzene rings is 2. The van der Waals surface area contributed by atoms with Crippen LogP contribution in [-0.2, 0) is 16.1 Å². The first-order chi connectivity index (χ1) is 19.7. The number of ether oxygens (including phenoxy) is 2. The van der Waals surface area contributed by atoms with Crippen LogP contribution in [0.3, 0.4) is 0 Å². The molecule has 0 saturated carbocycles. The van der Waals surface area contributed by atoms with Crippen molar-refractivity contribution in [3.63, 3.8) is 0 Å². The number of aryl methyl sites for hydroxylation is 1. The number of hydrogen-bond acceptors (Lipinski definition) is 8. The van der Waals surface area contributed by atoms with Crippen LogP contribution in [0.4, 0.5) is 5.95 Å². The number of fused-ring (bicyclic) bond motifs is 5. The third kappa shape index (κ3) is 6.63. The largest absolute Gasteiger partial charge is 0.457 e. The summed E-state index contributed by atoms with van der Waals surface area (Å²) in [5, 5.41) is 6.09. The van der Waals surface area contributed by atoms with E-state index in [-0.39, 0.29) is 50.0 Å². The van der Waals surface area contributed by atoms with Crippen molar-refractivity contribution in [3.05, 3.63) is 77.1 Å². The molecule has 0 radical (unpaired) electrons. The zero-order chi connectivity index (χ0) is 29.1. The molecule has 2 aliphatic heterocycles. The van der Waals surface area contributed by atoms with E-state index in [0.717, 1.165) is 11.1 Å². The van der Waals surface area contributed by atoms with Gasteiger partial charge in [-0.2, -0.15) is 0 Å². The number of aromatic nitrogens is 2. The highest BCUT2D eigenvalue weighted by Crippen LogP contribution is 2.28. The molecule has 1 saturated heterocycles. The van der Waals surface area contributed by atoms with Gasteiger partial charge in [-0.1, -0.05) is 18.2 Å². The van der Waals surface area contributed by atoms with Crippen molar-refractivity contribution in [3.8, 4) is 11.5 Å². The molecule has 2 N–H and O–H groups in total. The molecule has 11 nitrogen and oxygen atoms in total. The highest BCUT2D eigenvalue weighted by Gasteiger charge is 2.38. The third-order valence-electron chi connectivity index (χ3n) is 6.97. The summed E-state index contributed by atoms with van der Waals surface area (Å²) in [7, 11) is 1.57. The summed E-state index contributed by atoms with van der Waals surface area (Å²) >= 11 is 0. The van der Waals surface area contributed by atoms with Crippen molar-refractivity contribution >= 4 is 23.7 Å². The Morgan fingerprint density at radius 3 is 2.63 bits per heavy atom. The first kappa shape index (κ1) is 28.0. The number of carbonyl (C=O) groups excluding carboxylic acids is 3. The SMILES string of the molecule is Cc1ccc2cc1Oc1cccc(c1)CO[C@H]1CN(C(=O)c3cnc(NC(C)C)nc3)C[C@@H]1NC(=O)CN(C)C2=O. The number of carbonyl (C=O) groups is 3.